The van der Waals surface area contributed by atoms with Crippen molar-refractivity contribution in [2.24, 2.45) is 0 Å². The molecule has 0 atom stereocenters. The van der Waals surface area contributed by atoms with E-state index in [-0.39, 0.29) is 6.10 Å². The predicted octanol–water partition coefficient (Wildman–Crippen LogP) is 4.17. The summed E-state index contributed by atoms with van der Waals surface area (Å²) in [5.74, 6) is 1.36. The molecule has 0 aliphatic heterocycles. The molecule has 0 unspecified atom stereocenters. The number of nitrogen functional groups attached to an aromatic ring is 1. The number of rotatable bonds is 4. The largest absolute Gasteiger partial charge is 0.491 e. The molecule has 2 heterocycles. The Morgan fingerprint density at radius 2 is 2.10 bits per heavy atom. The molecule has 3 aromatic rings. The maximum absolute atomic E-state index is 6.02. The number of hydrogen-bond donors (Lipinski definition) is 2. The second-order valence-corrected chi connectivity index (χ2v) is 5.98. The molecule has 0 aliphatic carbocycles. The molecule has 0 bridgehead atoms. The topological polar surface area (TPSA) is 63.9 Å². The van der Waals surface area contributed by atoms with Gasteiger partial charge in [0.2, 0.25) is 0 Å². The van der Waals surface area contributed by atoms with Crippen LogP contribution in [0.3, 0.4) is 0 Å². The first-order valence-corrected chi connectivity index (χ1v) is 7.68. The first-order valence-electron chi connectivity index (χ1n) is 6.80. The number of nitrogens with one attached hydrogen (secondary N) is 1. The second kappa shape index (κ2) is 5.61. The zero-order valence-corrected chi connectivity index (χ0v) is 12.8. The van der Waals surface area contributed by atoms with Crippen molar-refractivity contribution in [3.63, 3.8) is 0 Å². The number of hydrogen-bond acceptors (Lipinski definition) is 4. The molecule has 108 valence electrons. The number of aromatic nitrogens is 2. The highest BCUT2D eigenvalue weighted by molar-refractivity contribution is 7.13. The van der Waals surface area contributed by atoms with Gasteiger partial charge in [0, 0.05) is 10.4 Å². The molecule has 0 aliphatic rings. The number of aromatic amines is 1. The number of ether oxygens (including phenoxy) is 1. The van der Waals surface area contributed by atoms with Gasteiger partial charge in [-0.2, -0.15) is 5.10 Å². The van der Waals surface area contributed by atoms with Gasteiger partial charge in [0.1, 0.15) is 5.75 Å². The fourth-order valence-corrected chi connectivity index (χ4v) is 3.02. The van der Waals surface area contributed by atoms with E-state index in [0.29, 0.717) is 5.82 Å². The van der Waals surface area contributed by atoms with Crippen LogP contribution < -0.4 is 10.5 Å². The highest BCUT2D eigenvalue weighted by atomic mass is 32.1. The second-order valence-electron chi connectivity index (χ2n) is 5.03. The molecule has 5 heteroatoms. The van der Waals surface area contributed by atoms with E-state index < -0.39 is 0 Å². The van der Waals surface area contributed by atoms with Crippen LogP contribution in [-0.4, -0.2) is 16.3 Å². The van der Waals surface area contributed by atoms with Crippen molar-refractivity contribution >= 4 is 17.2 Å². The maximum Gasteiger partial charge on any atom is 0.154 e. The smallest absolute Gasteiger partial charge is 0.154 e. The quantitative estimate of drug-likeness (QED) is 0.759. The van der Waals surface area contributed by atoms with E-state index in [4.69, 9.17) is 10.5 Å². The summed E-state index contributed by atoms with van der Waals surface area (Å²) in [4.78, 5) is 1.10. The highest BCUT2D eigenvalue weighted by Crippen LogP contribution is 2.37. The van der Waals surface area contributed by atoms with Gasteiger partial charge in [-0.05, 0) is 37.4 Å². The van der Waals surface area contributed by atoms with Crippen LogP contribution >= 0.6 is 11.3 Å². The Morgan fingerprint density at radius 3 is 2.81 bits per heavy atom. The van der Waals surface area contributed by atoms with Crippen LogP contribution in [0.2, 0.25) is 0 Å². The lowest BCUT2D eigenvalue weighted by Gasteiger charge is -2.11. The number of H-pyrrole nitrogens is 1. The first kappa shape index (κ1) is 13.7. The summed E-state index contributed by atoms with van der Waals surface area (Å²) in [5.41, 5.74) is 8.91. The number of benzene rings is 1. The lowest BCUT2D eigenvalue weighted by Crippen LogP contribution is -2.05. The third-order valence-corrected chi connectivity index (χ3v) is 3.94. The molecule has 3 rings (SSSR count). The van der Waals surface area contributed by atoms with Gasteiger partial charge in [0.05, 0.1) is 17.4 Å². The molecule has 0 radical (unpaired) electrons. The number of anilines is 1. The van der Waals surface area contributed by atoms with Gasteiger partial charge in [-0.15, -0.1) is 11.3 Å². The van der Waals surface area contributed by atoms with E-state index in [1.807, 2.05) is 55.6 Å². The van der Waals surface area contributed by atoms with Gasteiger partial charge in [-0.25, -0.2) is 0 Å². The predicted molar refractivity (Wildman–Crippen MR) is 87.5 cm³/mol. The molecular weight excluding hydrogens is 282 g/mol. The van der Waals surface area contributed by atoms with Crippen molar-refractivity contribution < 1.29 is 4.74 Å². The minimum Gasteiger partial charge on any atom is -0.491 e. The maximum atomic E-state index is 6.02. The van der Waals surface area contributed by atoms with Gasteiger partial charge in [0.15, 0.2) is 5.82 Å². The molecule has 2 aromatic heterocycles. The summed E-state index contributed by atoms with van der Waals surface area (Å²) in [6, 6.07) is 12.0. The Hall–Kier alpha value is -2.27. The summed E-state index contributed by atoms with van der Waals surface area (Å²) in [5, 5.41) is 9.23. The van der Waals surface area contributed by atoms with Gasteiger partial charge >= 0.3 is 0 Å². The lowest BCUT2D eigenvalue weighted by molar-refractivity contribution is 0.242. The Bertz CT molecular complexity index is 732. The van der Waals surface area contributed by atoms with Crippen molar-refractivity contribution in [3.8, 4) is 27.4 Å². The normalized spacial score (nSPS) is 11.0. The summed E-state index contributed by atoms with van der Waals surface area (Å²) < 4.78 is 5.75. The summed E-state index contributed by atoms with van der Waals surface area (Å²) in [6.07, 6.45) is 0.142. The van der Waals surface area contributed by atoms with Gasteiger partial charge < -0.3 is 10.5 Å². The monoisotopic (exact) mass is 299 g/mol. The Balaban J connectivity index is 2.06. The van der Waals surface area contributed by atoms with Crippen LogP contribution in [-0.2, 0) is 0 Å². The van der Waals surface area contributed by atoms with Gasteiger partial charge in [0.25, 0.3) is 0 Å². The molecule has 0 spiro atoms. The highest BCUT2D eigenvalue weighted by Gasteiger charge is 2.16. The van der Waals surface area contributed by atoms with E-state index in [1.165, 1.54) is 0 Å². The average molecular weight is 299 g/mol. The standard InChI is InChI=1S/C16H17N3OS/c1-10(2)20-12-6-3-5-11(9-12)15-14(16(17)19-18-15)13-7-4-8-21-13/h3-10H,1-2H3,(H3,17,18,19). The Labute approximate surface area is 127 Å². The van der Waals surface area contributed by atoms with E-state index in [1.54, 1.807) is 11.3 Å². The third-order valence-electron chi connectivity index (χ3n) is 3.06. The van der Waals surface area contributed by atoms with E-state index in [9.17, 15) is 0 Å². The Kier molecular flexibility index (Phi) is 3.66. The molecular formula is C16H17N3OS. The van der Waals surface area contributed by atoms with Crippen molar-refractivity contribution in [2.75, 3.05) is 5.73 Å². The zero-order chi connectivity index (χ0) is 14.8. The third kappa shape index (κ3) is 2.78. The van der Waals surface area contributed by atoms with Gasteiger partial charge in [-0.3, -0.25) is 5.10 Å². The van der Waals surface area contributed by atoms with Crippen molar-refractivity contribution in [1.29, 1.82) is 0 Å². The molecule has 1 aromatic carbocycles. The fraction of sp³-hybridized carbons (Fsp3) is 0.188. The molecule has 0 saturated carbocycles. The van der Waals surface area contributed by atoms with E-state index >= 15 is 0 Å². The minimum absolute atomic E-state index is 0.142. The fourth-order valence-electron chi connectivity index (χ4n) is 2.23. The average Bonchev–Trinajstić information content (AvgIpc) is 3.07. The number of nitrogens with two attached hydrogens (primary N) is 1. The lowest BCUT2D eigenvalue weighted by atomic mass is 10.1. The molecule has 4 nitrogen and oxygen atoms in total. The van der Waals surface area contributed by atoms with Crippen LogP contribution in [0.5, 0.6) is 5.75 Å². The molecule has 0 saturated heterocycles. The van der Waals surface area contributed by atoms with Crippen molar-refractivity contribution in [1.82, 2.24) is 10.2 Å². The van der Waals surface area contributed by atoms with Crippen LogP contribution in [0.15, 0.2) is 41.8 Å². The summed E-state index contributed by atoms with van der Waals surface area (Å²) in [7, 11) is 0. The van der Waals surface area contributed by atoms with Crippen molar-refractivity contribution in [3.05, 3.63) is 41.8 Å². The van der Waals surface area contributed by atoms with E-state index in [2.05, 4.69) is 10.2 Å². The molecule has 21 heavy (non-hydrogen) atoms. The molecule has 0 fully saturated rings. The minimum atomic E-state index is 0.142. The first-order chi connectivity index (χ1) is 10.1. The van der Waals surface area contributed by atoms with E-state index in [0.717, 1.165) is 27.4 Å². The van der Waals surface area contributed by atoms with Gasteiger partial charge in [-0.1, -0.05) is 18.2 Å². The number of nitrogens with zero attached hydrogens (tertiary/aromatic N) is 1. The summed E-state index contributed by atoms with van der Waals surface area (Å²) in [6.45, 7) is 4.02. The molecule has 0 amide bonds. The van der Waals surface area contributed by atoms with Crippen LogP contribution in [0, 0.1) is 0 Å². The van der Waals surface area contributed by atoms with Crippen LogP contribution in [0.1, 0.15) is 13.8 Å². The summed E-state index contributed by atoms with van der Waals surface area (Å²) >= 11 is 1.65. The molecule has 3 N–H and O–H groups in total. The van der Waals surface area contributed by atoms with Crippen LogP contribution in [0.4, 0.5) is 5.82 Å². The number of thiophene rings is 1. The zero-order valence-electron chi connectivity index (χ0n) is 12.0. The Morgan fingerprint density at radius 1 is 1.24 bits per heavy atom. The van der Waals surface area contributed by atoms with Crippen LogP contribution in [0.25, 0.3) is 21.7 Å². The van der Waals surface area contributed by atoms with Crippen molar-refractivity contribution in [2.45, 2.75) is 20.0 Å². The SMILES string of the molecule is CC(C)Oc1cccc(-c2[nH]nc(N)c2-c2cccs2)c1.